The second-order valence-electron chi connectivity index (χ2n) is 10.4. The summed E-state index contributed by atoms with van der Waals surface area (Å²) >= 11 is 13.8. The van der Waals surface area contributed by atoms with Gasteiger partial charge in [0.2, 0.25) is 5.91 Å². The van der Waals surface area contributed by atoms with E-state index in [2.05, 4.69) is 75.5 Å². The molecule has 1 aromatic heterocycles. The average molecular weight is 702 g/mol. The number of nitrogens with zero attached hydrogens (tertiary/aromatic N) is 2. The van der Waals surface area contributed by atoms with Gasteiger partial charge >= 0.3 is 0 Å². The summed E-state index contributed by atoms with van der Waals surface area (Å²) in [5.41, 5.74) is 9.89. The van der Waals surface area contributed by atoms with Gasteiger partial charge in [-0.2, -0.15) is 0 Å². The Morgan fingerprint density at radius 2 is 1.75 bits per heavy atom. The number of fused-ring (bicyclic) bond motifs is 2. The molecule has 0 radical (unpaired) electrons. The number of pyridine rings is 1. The number of hydrogen-bond donors (Lipinski definition) is 1. The smallest absolute Gasteiger partial charge is 0.214 e. The molecule has 1 fully saturated rings. The number of amides is 1. The number of primary amides is 1. The lowest BCUT2D eigenvalue weighted by atomic mass is 9.76. The van der Waals surface area contributed by atoms with Crippen molar-refractivity contribution in [3.05, 3.63) is 60.7 Å². The second-order valence-corrected chi connectivity index (χ2v) is 12.6. The Kier molecular flexibility index (Phi) is 18.2. The second kappa shape index (κ2) is 19.8. The number of carbonyl (C=O) groups is 2. The number of likely N-dealkylation sites (tertiary alicyclic amines) is 1. The van der Waals surface area contributed by atoms with Crippen molar-refractivity contribution in [2.24, 2.45) is 17.6 Å². The van der Waals surface area contributed by atoms with Crippen LogP contribution in [-0.4, -0.2) is 42.2 Å². The first-order valence-corrected chi connectivity index (χ1v) is 16.6. The standard InChI is InChI=1S/C20H21Br2ClN2.C8H16O.C2H5NO.C2H6/c1-25-6-4-12(5-7-25)19-18-13(9-16(23)10-17(18)22)2-3-14-8-15(21)11-24-20(14)19;1-3-5-8(4-2)6-7-9;1-2(3)4;1-2/h8-12,19H,2-7H2,1H3;7-8H,3-6H2,1-2H3;1H3,(H2,3,4);1-2H3. The number of benzene rings is 1. The topological polar surface area (TPSA) is 76.3 Å². The first-order valence-electron chi connectivity index (χ1n) is 14.6. The van der Waals surface area contributed by atoms with Crippen LogP contribution in [0.15, 0.2) is 33.3 Å². The summed E-state index contributed by atoms with van der Waals surface area (Å²) in [5.74, 6) is 1.28. The number of aryl methyl sites for hydroxylation is 2. The minimum Gasteiger partial charge on any atom is -0.370 e. The summed E-state index contributed by atoms with van der Waals surface area (Å²) < 4.78 is 2.20. The van der Waals surface area contributed by atoms with E-state index in [-0.39, 0.29) is 5.91 Å². The van der Waals surface area contributed by atoms with Crippen LogP contribution in [0.3, 0.4) is 0 Å². The summed E-state index contributed by atoms with van der Waals surface area (Å²) in [6.07, 6.45) is 11.8. The summed E-state index contributed by atoms with van der Waals surface area (Å²) in [5, 5.41) is 0.813. The summed E-state index contributed by atoms with van der Waals surface area (Å²) in [7, 11) is 2.22. The van der Waals surface area contributed by atoms with Crippen LogP contribution in [0.4, 0.5) is 0 Å². The van der Waals surface area contributed by atoms with Crippen molar-refractivity contribution >= 4 is 55.7 Å². The lowest BCUT2D eigenvalue weighted by molar-refractivity contribution is -0.116. The number of rotatable bonds is 6. The zero-order valence-corrected chi connectivity index (χ0v) is 29.0. The van der Waals surface area contributed by atoms with Crippen molar-refractivity contribution in [3.8, 4) is 0 Å². The molecule has 224 valence electrons. The largest absolute Gasteiger partial charge is 0.370 e. The zero-order chi connectivity index (χ0) is 30.2. The van der Waals surface area contributed by atoms with Gasteiger partial charge in [-0.3, -0.25) is 9.78 Å². The normalized spacial score (nSPS) is 17.2. The number of carbonyl (C=O) groups excluding carboxylic acids is 2. The number of aldehydes is 1. The van der Waals surface area contributed by atoms with E-state index < -0.39 is 0 Å². The van der Waals surface area contributed by atoms with Gasteiger partial charge < -0.3 is 15.4 Å². The van der Waals surface area contributed by atoms with Crippen LogP contribution in [0.5, 0.6) is 0 Å². The molecule has 2 heterocycles. The van der Waals surface area contributed by atoms with Gasteiger partial charge in [0.15, 0.2) is 0 Å². The highest BCUT2D eigenvalue weighted by Crippen LogP contribution is 2.46. The Balaban J connectivity index is 0.000000447. The van der Waals surface area contributed by atoms with E-state index in [4.69, 9.17) is 16.6 Å². The number of piperidine rings is 1. The van der Waals surface area contributed by atoms with Gasteiger partial charge in [0.1, 0.15) is 6.29 Å². The Morgan fingerprint density at radius 1 is 1.15 bits per heavy atom. The van der Waals surface area contributed by atoms with E-state index in [0.29, 0.717) is 17.8 Å². The van der Waals surface area contributed by atoms with Gasteiger partial charge in [-0.15, -0.1) is 0 Å². The molecule has 2 N–H and O–H groups in total. The average Bonchev–Trinajstić information content (AvgIpc) is 3.07. The maximum absolute atomic E-state index is 10.0. The molecule has 0 spiro atoms. The number of halogens is 3. The van der Waals surface area contributed by atoms with Crippen molar-refractivity contribution in [2.75, 3.05) is 20.1 Å². The van der Waals surface area contributed by atoms with Gasteiger partial charge in [0.05, 0.1) is 5.69 Å². The Hall–Kier alpha value is -1.28. The fourth-order valence-electron chi connectivity index (χ4n) is 5.43. The van der Waals surface area contributed by atoms with E-state index in [1.54, 1.807) is 0 Å². The SMILES string of the molecule is CC.CC(N)=O.CCCC(CC)CC=O.CN1CCC(C2c3ncc(Br)cc3CCc3cc(Cl)cc(Br)c32)CC1. The van der Waals surface area contributed by atoms with Crippen molar-refractivity contribution in [1.82, 2.24) is 9.88 Å². The van der Waals surface area contributed by atoms with Gasteiger partial charge in [-0.05, 0) is 108 Å². The van der Waals surface area contributed by atoms with E-state index in [0.717, 1.165) is 59.0 Å². The van der Waals surface area contributed by atoms with Crippen LogP contribution < -0.4 is 5.73 Å². The molecule has 1 aromatic carbocycles. The third-order valence-corrected chi connectivity index (χ3v) is 8.66. The Bertz CT molecular complexity index is 1050. The molecule has 2 unspecified atom stereocenters. The third-order valence-electron chi connectivity index (χ3n) is 7.36. The molecule has 0 saturated carbocycles. The molecule has 0 bridgehead atoms. The summed E-state index contributed by atoms with van der Waals surface area (Å²) in [6, 6.07) is 6.46. The molecule has 40 heavy (non-hydrogen) atoms. The summed E-state index contributed by atoms with van der Waals surface area (Å²) in [4.78, 5) is 26.6. The molecular formula is C32H48Br2ClN3O2. The molecule has 1 aliphatic heterocycles. The molecule has 1 saturated heterocycles. The molecule has 2 aliphatic rings. The number of nitrogens with two attached hydrogens (primary N) is 1. The maximum atomic E-state index is 10.0. The maximum Gasteiger partial charge on any atom is 0.214 e. The first-order chi connectivity index (χ1) is 19.1. The first kappa shape index (κ1) is 36.7. The highest BCUT2D eigenvalue weighted by Gasteiger charge is 2.35. The predicted molar refractivity (Wildman–Crippen MR) is 176 cm³/mol. The van der Waals surface area contributed by atoms with E-state index in [1.807, 2.05) is 26.1 Å². The molecular weight excluding hydrogens is 654 g/mol. The lowest BCUT2D eigenvalue weighted by Crippen LogP contribution is -2.33. The molecule has 2 atom stereocenters. The van der Waals surface area contributed by atoms with Crippen LogP contribution in [-0.2, 0) is 22.4 Å². The molecule has 1 amide bonds. The van der Waals surface area contributed by atoms with Crippen LogP contribution in [0.1, 0.15) is 101 Å². The van der Waals surface area contributed by atoms with Crippen LogP contribution in [0, 0.1) is 11.8 Å². The minimum absolute atomic E-state index is 0.333. The van der Waals surface area contributed by atoms with E-state index in [9.17, 15) is 9.59 Å². The Labute approximate surface area is 264 Å². The quantitative estimate of drug-likeness (QED) is 0.306. The van der Waals surface area contributed by atoms with Crippen LogP contribution in [0.25, 0.3) is 0 Å². The van der Waals surface area contributed by atoms with Crippen molar-refractivity contribution < 1.29 is 9.59 Å². The van der Waals surface area contributed by atoms with E-state index >= 15 is 0 Å². The fraction of sp³-hybridized carbons (Fsp3) is 0.594. The number of hydrogen-bond acceptors (Lipinski definition) is 4. The van der Waals surface area contributed by atoms with Gasteiger partial charge in [0.25, 0.3) is 0 Å². The Morgan fingerprint density at radius 3 is 2.30 bits per heavy atom. The van der Waals surface area contributed by atoms with Crippen molar-refractivity contribution in [3.63, 3.8) is 0 Å². The molecule has 8 heteroatoms. The molecule has 2 aromatic rings. The van der Waals surface area contributed by atoms with Crippen LogP contribution in [0.2, 0.25) is 5.02 Å². The lowest BCUT2D eigenvalue weighted by Gasteiger charge is -2.35. The van der Waals surface area contributed by atoms with Crippen LogP contribution >= 0.6 is 43.5 Å². The highest BCUT2D eigenvalue weighted by molar-refractivity contribution is 9.10. The van der Waals surface area contributed by atoms with E-state index in [1.165, 1.54) is 55.0 Å². The minimum atomic E-state index is -0.333. The number of aromatic nitrogens is 1. The predicted octanol–water partition coefficient (Wildman–Crippen LogP) is 8.75. The third kappa shape index (κ3) is 11.9. The molecule has 5 nitrogen and oxygen atoms in total. The highest BCUT2D eigenvalue weighted by atomic mass is 79.9. The van der Waals surface area contributed by atoms with Gasteiger partial charge in [-0.25, -0.2) is 0 Å². The van der Waals surface area contributed by atoms with Crippen molar-refractivity contribution in [1.29, 1.82) is 0 Å². The monoisotopic (exact) mass is 699 g/mol. The summed E-state index contributed by atoms with van der Waals surface area (Å²) in [6.45, 7) is 11.9. The molecule has 1 aliphatic carbocycles. The zero-order valence-electron chi connectivity index (χ0n) is 25.1. The fourth-order valence-corrected chi connectivity index (χ4v) is 6.92. The van der Waals surface area contributed by atoms with Gasteiger partial charge in [0, 0.05) is 39.4 Å². The van der Waals surface area contributed by atoms with Crippen molar-refractivity contribution in [2.45, 2.75) is 91.9 Å². The van der Waals surface area contributed by atoms with Gasteiger partial charge in [-0.1, -0.05) is 74.5 Å². The molecule has 4 rings (SSSR count).